The first-order chi connectivity index (χ1) is 11.6. The van der Waals surface area contributed by atoms with E-state index in [0.717, 1.165) is 32.0 Å². The summed E-state index contributed by atoms with van der Waals surface area (Å²) in [4.78, 5) is 14.9. The zero-order valence-electron chi connectivity index (χ0n) is 15.4. The van der Waals surface area contributed by atoms with Crippen molar-refractivity contribution in [3.8, 4) is 0 Å². The third kappa shape index (κ3) is 4.00. The van der Waals surface area contributed by atoms with Gasteiger partial charge in [-0.1, -0.05) is 38.1 Å². The van der Waals surface area contributed by atoms with Gasteiger partial charge in [-0.3, -0.25) is 4.79 Å². The number of amides is 1. The molecule has 24 heavy (non-hydrogen) atoms. The summed E-state index contributed by atoms with van der Waals surface area (Å²) in [7, 11) is 2.01. The quantitative estimate of drug-likeness (QED) is 0.862. The molecule has 2 atom stereocenters. The van der Waals surface area contributed by atoms with E-state index in [1.165, 1.54) is 30.4 Å². The molecule has 3 nitrogen and oxygen atoms in total. The lowest BCUT2D eigenvalue weighted by atomic mass is 9.93. The minimum absolute atomic E-state index is 0.240. The van der Waals surface area contributed by atoms with Crippen molar-refractivity contribution in [2.24, 2.45) is 11.8 Å². The molecule has 1 aromatic carbocycles. The molecule has 1 aliphatic carbocycles. The molecule has 1 amide bonds. The average Bonchev–Trinajstić information content (AvgIpc) is 3.40. The molecule has 2 fully saturated rings. The third-order valence-corrected chi connectivity index (χ3v) is 5.87. The maximum Gasteiger partial charge on any atom is 0.226 e. The average molecular weight is 329 g/mol. The Hall–Kier alpha value is -1.35. The van der Waals surface area contributed by atoms with E-state index in [0.29, 0.717) is 17.7 Å². The highest BCUT2D eigenvalue weighted by molar-refractivity contribution is 5.83. The number of benzene rings is 1. The number of rotatable bonds is 6. The molecule has 0 bridgehead atoms. The fourth-order valence-electron chi connectivity index (χ4n) is 3.99. The SMILES string of the molecule is CNCCC1CCN(C(=O)C2CC2c2ccc(C(C)C)cc2)CC1. The Morgan fingerprint density at radius 2 is 1.88 bits per heavy atom. The van der Waals surface area contributed by atoms with Gasteiger partial charge in [0.25, 0.3) is 0 Å². The maximum atomic E-state index is 12.8. The normalized spacial score (nSPS) is 24.4. The number of likely N-dealkylation sites (tertiary alicyclic amines) is 1. The van der Waals surface area contributed by atoms with Crippen LogP contribution in [0, 0.1) is 11.8 Å². The van der Waals surface area contributed by atoms with Crippen LogP contribution in [0.1, 0.15) is 62.5 Å². The number of hydrogen-bond acceptors (Lipinski definition) is 2. The minimum Gasteiger partial charge on any atom is -0.342 e. The lowest BCUT2D eigenvalue weighted by molar-refractivity contribution is -0.134. The van der Waals surface area contributed by atoms with Gasteiger partial charge in [0, 0.05) is 19.0 Å². The highest BCUT2D eigenvalue weighted by Gasteiger charge is 2.46. The predicted octanol–water partition coefficient (Wildman–Crippen LogP) is 3.76. The van der Waals surface area contributed by atoms with Crippen LogP contribution in [0.5, 0.6) is 0 Å². The molecule has 0 radical (unpaired) electrons. The van der Waals surface area contributed by atoms with E-state index in [9.17, 15) is 4.79 Å². The van der Waals surface area contributed by atoms with Gasteiger partial charge in [0.2, 0.25) is 5.91 Å². The Kier molecular flexibility index (Phi) is 5.60. The van der Waals surface area contributed by atoms with Gasteiger partial charge in [-0.05, 0) is 68.2 Å². The van der Waals surface area contributed by atoms with E-state index in [-0.39, 0.29) is 5.92 Å². The fraction of sp³-hybridized carbons (Fsp3) is 0.667. The standard InChI is InChI=1S/C21H32N2O/c1-15(2)17-4-6-18(7-5-17)19-14-20(19)21(24)23-12-9-16(10-13-23)8-11-22-3/h4-7,15-16,19-20,22H,8-14H2,1-3H3. The lowest BCUT2D eigenvalue weighted by Crippen LogP contribution is -2.40. The van der Waals surface area contributed by atoms with Crippen LogP contribution in [0.3, 0.4) is 0 Å². The van der Waals surface area contributed by atoms with E-state index in [1.54, 1.807) is 0 Å². The van der Waals surface area contributed by atoms with Crippen molar-refractivity contribution >= 4 is 5.91 Å². The van der Waals surface area contributed by atoms with Crippen LogP contribution in [0.2, 0.25) is 0 Å². The van der Waals surface area contributed by atoms with Gasteiger partial charge in [0.05, 0.1) is 0 Å². The van der Waals surface area contributed by atoms with Gasteiger partial charge in [0.15, 0.2) is 0 Å². The monoisotopic (exact) mass is 328 g/mol. The van der Waals surface area contributed by atoms with Gasteiger partial charge in [-0.2, -0.15) is 0 Å². The number of carbonyl (C=O) groups is 1. The molecule has 3 heteroatoms. The first-order valence-electron chi connectivity index (χ1n) is 9.63. The van der Waals surface area contributed by atoms with Crippen molar-refractivity contribution in [3.63, 3.8) is 0 Å². The molecule has 0 aromatic heterocycles. The fourth-order valence-corrected chi connectivity index (χ4v) is 3.99. The molecule has 3 rings (SSSR count). The van der Waals surface area contributed by atoms with E-state index in [2.05, 4.69) is 48.3 Å². The Balaban J connectivity index is 1.49. The van der Waals surface area contributed by atoms with Crippen molar-refractivity contribution in [2.45, 2.75) is 51.4 Å². The first-order valence-corrected chi connectivity index (χ1v) is 9.63. The van der Waals surface area contributed by atoms with E-state index in [4.69, 9.17) is 0 Å². The van der Waals surface area contributed by atoms with E-state index < -0.39 is 0 Å². The summed E-state index contributed by atoms with van der Waals surface area (Å²) in [6.45, 7) is 7.46. The zero-order valence-corrected chi connectivity index (χ0v) is 15.4. The van der Waals surface area contributed by atoms with Gasteiger partial charge in [0.1, 0.15) is 0 Å². The van der Waals surface area contributed by atoms with Crippen LogP contribution >= 0.6 is 0 Å². The topological polar surface area (TPSA) is 32.3 Å². The second-order valence-corrected chi connectivity index (χ2v) is 7.93. The van der Waals surface area contributed by atoms with Crippen LogP contribution < -0.4 is 5.32 Å². The van der Waals surface area contributed by atoms with Crippen molar-refractivity contribution in [3.05, 3.63) is 35.4 Å². The first kappa shape index (κ1) is 17.5. The number of hydrogen-bond donors (Lipinski definition) is 1. The zero-order chi connectivity index (χ0) is 17.1. The molecule has 132 valence electrons. The van der Waals surface area contributed by atoms with Crippen molar-refractivity contribution in [2.75, 3.05) is 26.7 Å². The summed E-state index contributed by atoms with van der Waals surface area (Å²) in [5.41, 5.74) is 2.73. The number of carbonyl (C=O) groups excluding carboxylic acids is 1. The van der Waals surface area contributed by atoms with Crippen molar-refractivity contribution in [1.82, 2.24) is 10.2 Å². The Morgan fingerprint density at radius 1 is 1.21 bits per heavy atom. The molecule has 1 N–H and O–H groups in total. The summed E-state index contributed by atoms with van der Waals surface area (Å²) >= 11 is 0. The van der Waals surface area contributed by atoms with Crippen LogP contribution in [0.15, 0.2) is 24.3 Å². The summed E-state index contributed by atoms with van der Waals surface area (Å²) in [6.07, 6.45) is 4.63. The molecule has 2 aliphatic rings. The number of nitrogens with zero attached hydrogens (tertiary/aromatic N) is 1. The number of piperidine rings is 1. The maximum absolute atomic E-state index is 12.8. The van der Waals surface area contributed by atoms with Crippen LogP contribution in [-0.2, 0) is 4.79 Å². The van der Waals surface area contributed by atoms with Gasteiger partial charge in [-0.15, -0.1) is 0 Å². The second kappa shape index (κ2) is 7.69. The molecule has 1 heterocycles. The molecule has 1 saturated heterocycles. The van der Waals surface area contributed by atoms with Crippen molar-refractivity contribution in [1.29, 1.82) is 0 Å². The molecular formula is C21H32N2O. The summed E-state index contributed by atoms with van der Waals surface area (Å²) in [5, 5.41) is 3.23. The van der Waals surface area contributed by atoms with Crippen LogP contribution in [-0.4, -0.2) is 37.5 Å². The number of nitrogens with one attached hydrogen (secondary N) is 1. The summed E-state index contributed by atoms with van der Waals surface area (Å²) in [6, 6.07) is 8.93. The predicted molar refractivity (Wildman–Crippen MR) is 99.2 cm³/mol. The van der Waals surface area contributed by atoms with Crippen LogP contribution in [0.25, 0.3) is 0 Å². The molecule has 1 saturated carbocycles. The minimum atomic E-state index is 0.240. The van der Waals surface area contributed by atoms with E-state index in [1.807, 2.05) is 7.05 Å². The highest BCUT2D eigenvalue weighted by Crippen LogP contribution is 2.49. The van der Waals surface area contributed by atoms with Gasteiger partial charge in [-0.25, -0.2) is 0 Å². The molecular weight excluding hydrogens is 296 g/mol. The highest BCUT2D eigenvalue weighted by atomic mass is 16.2. The van der Waals surface area contributed by atoms with Gasteiger partial charge < -0.3 is 10.2 Å². The molecule has 1 aliphatic heterocycles. The third-order valence-electron chi connectivity index (χ3n) is 5.87. The molecule has 1 aromatic rings. The summed E-state index contributed by atoms with van der Waals surface area (Å²) < 4.78 is 0. The van der Waals surface area contributed by atoms with Crippen LogP contribution in [0.4, 0.5) is 0 Å². The Bertz CT molecular complexity index is 543. The molecule has 2 unspecified atom stereocenters. The van der Waals surface area contributed by atoms with Gasteiger partial charge >= 0.3 is 0 Å². The molecule has 0 spiro atoms. The van der Waals surface area contributed by atoms with E-state index >= 15 is 0 Å². The largest absolute Gasteiger partial charge is 0.342 e. The Labute approximate surface area is 146 Å². The smallest absolute Gasteiger partial charge is 0.226 e. The summed E-state index contributed by atoms with van der Waals surface area (Å²) in [5.74, 6) is 2.46. The Morgan fingerprint density at radius 3 is 2.46 bits per heavy atom. The second-order valence-electron chi connectivity index (χ2n) is 7.93. The lowest BCUT2D eigenvalue weighted by Gasteiger charge is -2.32. The van der Waals surface area contributed by atoms with Crippen molar-refractivity contribution < 1.29 is 4.79 Å².